The Morgan fingerprint density at radius 2 is 2.15 bits per heavy atom. The maximum Gasteiger partial charge on any atom is 0.312 e. The number of nitro groups is 1. The summed E-state index contributed by atoms with van der Waals surface area (Å²) in [4.78, 5) is 21.8. The molecule has 0 heterocycles. The van der Waals surface area contributed by atoms with Gasteiger partial charge < -0.3 is 10.1 Å². The van der Waals surface area contributed by atoms with Crippen molar-refractivity contribution in [2.45, 2.75) is 26.3 Å². The average molecular weight is 277 g/mol. The molecular weight excluding hydrogens is 262 g/mol. The van der Waals surface area contributed by atoms with E-state index >= 15 is 0 Å². The van der Waals surface area contributed by atoms with Crippen LogP contribution in [0.5, 0.6) is 5.75 Å². The van der Waals surface area contributed by atoms with Gasteiger partial charge in [0.1, 0.15) is 0 Å². The Bertz CT molecular complexity index is 570. The van der Waals surface area contributed by atoms with Gasteiger partial charge in [-0.15, -0.1) is 0 Å². The van der Waals surface area contributed by atoms with Crippen molar-refractivity contribution < 1.29 is 14.5 Å². The van der Waals surface area contributed by atoms with Crippen LogP contribution >= 0.6 is 0 Å². The van der Waals surface area contributed by atoms with Crippen molar-refractivity contribution in [2.75, 3.05) is 6.61 Å². The van der Waals surface area contributed by atoms with E-state index in [2.05, 4.69) is 5.32 Å². The molecule has 0 aliphatic rings. The Labute approximate surface area is 116 Å². The largest absolute Gasteiger partial charge is 0.477 e. The first-order valence-corrected chi connectivity index (χ1v) is 5.85. The highest BCUT2D eigenvalue weighted by Crippen LogP contribution is 2.27. The lowest BCUT2D eigenvalue weighted by Crippen LogP contribution is -2.43. The number of carbonyl (C=O) groups is 1. The molecule has 20 heavy (non-hydrogen) atoms. The molecular formula is C13H15N3O4. The summed E-state index contributed by atoms with van der Waals surface area (Å²) in [6.45, 7) is 5.11. The minimum absolute atomic E-state index is 0.0435. The van der Waals surface area contributed by atoms with Gasteiger partial charge in [0.2, 0.25) is 0 Å². The topological polar surface area (TPSA) is 105 Å². The Morgan fingerprint density at radius 1 is 1.50 bits per heavy atom. The fourth-order valence-corrected chi connectivity index (χ4v) is 1.45. The van der Waals surface area contributed by atoms with Crippen LogP contribution in [-0.4, -0.2) is 23.0 Å². The van der Waals surface area contributed by atoms with E-state index in [-0.39, 0.29) is 29.5 Å². The molecule has 1 rings (SSSR count). The van der Waals surface area contributed by atoms with Crippen molar-refractivity contribution in [3.8, 4) is 11.8 Å². The second-order valence-corrected chi connectivity index (χ2v) is 5.14. The number of nitrogens with zero attached hydrogens (tertiary/aromatic N) is 2. The molecule has 7 nitrogen and oxygen atoms in total. The van der Waals surface area contributed by atoms with Gasteiger partial charge in [-0.2, -0.15) is 5.26 Å². The van der Waals surface area contributed by atoms with Gasteiger partial charge in [0.25, 0.3) is 5.91 Å². The van der Waals surface area contributed by atoms with Crippen molar-refractivity contribution in [1.29, 1.82) is 5.26 Å². The summed E-state index contributed by atoms with van der Waals surface area (Å²) in [5.41, 5.74) is -0.590. The molecule has 1 amide bonds. The molecule has 0 saturated carbocycles. The molecule has 0 fully saturated rings. The Morgan fingerprint density at radius 3 is 2.65 bits per heavy atom. The van der Waals surface area contributed by atoms with Crippen molar-refractivity contribution >= 4 is 11.6 Å². The summed E-state index contributed by atoms with van der Waals surface area (Å²) in [7, 11) is 0. The number of hydrogen-bond acceptors (Lipinski definition) is 5. The average Bonchev–Trinajstić information content (AvgIpc) is 2.34. The van der Waals surface area contributed by atoms with Crippen LogP contribution in [-0.2, 0) is 4.79 Å². The van der Waals surface area contributed by atoms with Gasteiger partial charge in [-0.3, -0.25) is 14.9 Å². The van der Waals surface area contributed by atoms with Crippen molar-refractivity contribution in [3.05, 3.63) is 33.9 Å². The Hall–Kier alpha value is -2.62. The zero-order valence-electron chi connectivity index (χ0n) is 11.5. The maximum absolute atomic E-state index is 11.6. The monoisotopic (exact) mass is 277 g/mol. The number of rotatable bonds is 4. The highest BCUT2D eigenvalue weighted by atomic mass is 16.6. The molecule has 106 valence electrons. The van der Waals surface area contributed by atoms with Gasteiger partial charge in [0.05, 0.1) is 16.6 Å². The first-order chi connectivity index (χ1) is 9.23. The lowest BCUT2D eigenvalue weighted by molar-refractivity contribution is -0.385. The number of benzene rings is 1. The molecule has 0 aliphatic heterocycles. The Balaban J connectivity index is 2.81. The van der Waals surface area contributed by atoms with Crippen LogP contribution in [0.2, 0.25) is 0 Å². The lowest BCUT2D eigenvalue weighted by Gasteiger charge is -2.20. The summed E-state index contributed by atoms with van der Waals surface area (Å²) in [5, 5.41) is 22.3. The molecule has 1 aromatic rings. The molecule has 0 bridgehead atoms. The molecule has 0 atom stereocenters. The molecule has 0 aliphatic carbocycles. The first kappa shape index (κ1) is 15.4. The normalized spacial score (nSPS) is 10.5. The third kappa shape index (κ3) is 4.57. The lowest BCUT2D eigenvalue weighted by atomic mass is 10.1. The number of nitriles is 1. The van der Waals surface area contributed by atoms with E-state index < -0.39 is 10.5 Å². The number of amides is 1. The molecule has 0 radical (unpaired) electrons. The molecule has 0 aromatic heterocycles. The smallest absolute Gasteiger partial charge is 0.312 e. The first-order valence-electron chi connectivity index (χ1n) is 5.85. The zero-order chi connectivity index (χ0) is 15.3. The highest BCUT2D eigenvalue weighted by Gasteiger charge is 2.19. The SMILES string of the molecule is CC(C)(C)NC(=O)COc1ccc(C#N)cc1[N+](=O)[O-]. The van der Waals surface area contributed by atoms with E-state index in [1.54, 1.807) is 6.07 Å². The van der Waals surface area contributed by atoms with Crippen LogP contribution < -0.4 is 10.1 Å². The highest BCUT2D eigenvalue weighted by molar-refractivity contribution is 5.78. The standard InChI is InChI=1S/C13H15N3O4/c1-13(2,3)15-12(17)8-20-11-5-4-9(7-14)6-10(11)16(18)19/h4-6H,8H2,1-3H3,(H,15,17). The fraction of sp³-hybridized carbons (Fsp3) is 0.385. The van der Waals surface area contributed by atoms with Crippen molar-refractivity contribution in [1.82, 2.24) is 5.32 Å². The third-order valence-corrected chi connectivity index (χ3v) is 2.16. The predicted molar refractivity (Wildman–Crippen MR) is 71.2 cm³/mol. The number of ether oxygens (including phenoxy) is 1. The van der Waals surface area contributed by atoms with Gasteiger partial charge in [0, 0.05) is 11.6 Å². The second-order valence-electron chi connectivity index (χ2n) is 5.14. The summed E-state index contributed by atoms with van der Waals surface area (Å²) in [6, 6.07) is 5.61. The molecule has 0 spiro atoms. The van der Waals surface area contributed by atoms with Crippen molar-refractivity contribution in [3.63, 3.8) is 0 Å². The minimum atomic E-state index is -0.655. The van der Waals surface area contributed by atoms with Gasteiger partial charge in [0.15, 0.2) is 12.4 Å². The van der Waals surface area contributed by atoms with E-state index in [4.69, 9.17) is 10.00 Å². The van der Waals surface area contributed by atoms with Crippen LogP contribution in [0.4, 0.5) is 5.69 Å². The quantitative estimate of drug-likeness (QED) is 0.666. The van der Waals surface area contributed by atoms with Gasteiger partial charge in [-0.05, 0) is 32.9 Å². The molecule has 1 N–H and O–H groups in total. The minimum Gasteiger partial charge on any atom is -0.477 e. The third-order valence-electron chi connectivity index (χ3n) is 2.16. The van der Waals surface area contributed by atoms with E-state index in [0.29, 0.717) is 0 Å². The number of nitro benzene ring substituents is 1. The van der Waals surface area contributed by atoms with E-state index in [9.17, 15) is 14.9 Å². The Kier molecular flexibility index (Phi) is 4.64. The van der Waals surface area contributed by atoms with Crippen LogP contribution in [0.3, 0.4) is 0 Å². The second kappa shape index (κ2) is 6.02. The summed E-state index contributed by atoms with van der Waals surface area (Å²) >= 11 is 0. The summed E-state index contributed by atoms with van der Waals surface area (Å²) in [6.07, 6.45) is 0. The van der Waals surface area contributed by atoms with Crippen LogP contribution in [0.1, 0.15) is 26.3 Å². The fourth-order valence-electron chi connectivity index (χ4n) is 1.45. The van der Waals surface area contributed by atoms with Crippen LogP contribution in [0, 0.1) is 21.4 Å². The maximum atomic E-state index is 11.6. The number of nitrogens with one attached hydrogen (secondary N) is 1. The van der Waals surface area contributed by atoms with Gasteiger partial charge in [-0.1, -0.05) is 0 Å². The number of carbonyl (C=O) groups excluding carboxylic acids is 1. The zero-order valence-corrected chi connectivity index (χ0v) is 11.5. The van der Waals surface area contributed by atoms with E-state index in [1.165, 1.54) is 12.1 Å². The van der Waals surface area contributed by atoms with Gasteiger partial charge >= 0.3 is 5.69 Å². The molecule has 0 unspecified atom stereocenters. The number of hydrogen-bond donors (Lipinski definition) is 1. The molecule has 1 aromatic carbocycles. The predicted octanol–water partition coefficient (Wildman–Crippen LogP) is 1.76. The van der Waals surface area contributed by atoms with E-state index in [0.717, 1.165) is 6.07 Å². The molecule has 7 heteroatoms. The summed E-state index contributed by atoms with van der Waals surface area (Å²) < 4.78 is 5.14. The molecule has 0 saturated heterocycles. The van der Waals surface area contributed by atoms with Gasteiger partial charge in [-0.25, -0.2) is 0 Å². The van der Waals surface area contributed by atoms with Crippen molar-refractivity contribution in [2.24, 2.45) is 0 Å². The summed E-state index contributed by atoms with van der Waals surface area (Å²) in [5.74, 6) is -0.422. The van der Waals surface area contributed by atoms with Crippen LogP contribution in [0.15, 0.2) is 18.2 Å². The van der Waals surface area contributed by atoms with Crippen LogP contribution in [0.25, 0.3) is 0 Å². The van der Waals surface area contributed by atoms with E-state index in [1.807, 2.05) is 20.8 Å².